The first-order valence-electron chi connectivity index (χ1n) is 6.60. The number of anilines is 1. The summed E-state index contributed by atoms with van der Waals surface area (Å²) in [5.74, 6) is 6.06. The lowest BCUT2D eigenvalue weighted by atomic mass is 10.1. The highest BCUT2D eigenvalue weighted by atomic mass is 16.5. The van der Waals surface area contributed by atoms with Crippen molar-refractivity contribution < 1.29 is 9.53 Å². The number of benzene rings is 2. The molecule has 0 aliphatic rings. The van der Waals surface area contributed by atoms with Gasteiger partial charge < -0.3 is 9.64 Å². The molecule has 1 amide bonds. The van der Waals surface area contributed by atoms with Crippen molar-refractivity contribution in [2.75, 3.05) is 19.1 Å². The lowest BCUT2D eigenvalue weighted by Gasteiger charge is -2.14. The van der Waals surface area contributed by atoms with Gasteiger partial charge in [-0.15, -0.1) is 0 Å². The number of hydrogen-bond acceptors (Lipinski definition) is 2. The average Bonchev–Trinajstić information content (AvgIpc) is 2.52. The molecule has 3 nitrogen and oxygen atoms in total. The van der Waals surface area contributed by atoms with Crippen LogP contribution in [0.5, 0.6) is 5.75 Å². The maximum absolute atomic E-state index is 12.1. The highest BCUT2D eigenvalue weighted by Crippen LogP contribution is 2.18. The molecule has 0 bridgehead atoms. The second-order valence-corrected chi connectivity index (χ2v) is 4.68. The quantitative estimate of drug-likeness (QED) is 0.791. The highest BCUT2D eigenvalue weighted by Gasteiger charge is 2.07. The van der Waals surface area contributed by atoms with Gasteiger partial charge in [0.2, 0.25) is 0 Å². The maximum Gasteiger partial charge on any atom is 0.302 e. The van der Waals surface area contributed by atoms with E-state index in [1.54, 1.807) is 14.2 Å². The van der Waals surface area contributed by atoms with Crippen LogP contribution >= 0.6 is 0 Å². The number of aryl methyl sites for hydroxylation is 1. The Morgan fingerprint density at radius 1 is 1.14 bits per heavy atom. The summed E-state index contributed by atoms with van der Waals surface area (Å²) < 4.78 is 5.09. The summed E-state index contributed by atoms with van der Waals surface area (Å²) >= 11 is 0. The number of nitrogens with zero attached hydrogens (tertiary/aromatic N) is 1. The smallest absolute Gasteiger partial charge is 0.302 e. The van der Waals surface area contributed by atoms with Crippen molar-refractivity contribution in [3.05, 3.63) is 59.7 Å². The van der Waals surface area contributed by atoms with E-state index in [2.05, 4.69) is 11.8 Å². The average molecular weight is 279 g/mol. The first-order valence-corrected chi connectivity index (χ1v) is 6.60. The number of hydrogen-bond donors (Lipinski definition) is 0. The first kappa shape index (κ1) is 14.7. The standard InChI is InChI=1S/C18H17NO2/c1-14-5-4-6-15(13-14)7-12-18(20)19(2)16-8-10-17(21-3)11-9-16/h4-6,8-11,13H,1-3H3. The summed E-state index contributed by atoms with van der Waals surface area (Å²) in [6, 6.07) is 15.0. The number of methoxy groups -OCH3 is 1. The molecule has 0 N–H and O–H groups in total. The third-order valence-electron chi connectivity index (χ3n) is 3.10. The molecule has 0 aromatic heterocycles. The zero-order chi connectivity index (χ0) is 15.2. The Morgan fingerprint density at radius 3 is 2.48 bits per heavy atom. The van der Waals surface area contributed by atoms with E-state index in [9.17, 15) is 4.79 Å². The van der Waals surface area contributed by atoms with Crippen LogP contribution in [0.15, 0.2) is 48.5 Å². The number of rotatable bonds is 2. The van der Waals surface area contributed by atoms with E-state index in [1.165, 1.54) is 4.90 Å². The van der Waals surface area contributed by atoms with Gasteiger partial charge >= 0.3 is 5.91 Å². The fraction of sp³-hybridized carbons (Fsp3) is 0.167. The molecule has 0 aliphatic carbocycles. The summed E-state index contributed by atoms with van der Waals surface area (Å²) in [6.07, 6.45) is 0. The molecular weight excluding hydrogens is 262 g/mol. The number of carbonyl (C=O) groups excluding carboxylic acids is 1. The molecule has 0 saturated heterocycles. The fourth-order valence-corrected chi connectivity index (χ4v) is 1.86. The SMILES string of the molecule is COc1ccc(N(C)C(=O)C#Cc2cccc(C)c2)cc1. The lowest BCUT2D eigenvalue weighted by Crippen LogP contribution is -2.24. The van der Waals surface area contributed by atoms with Crippen molar-refractivity contribution in [1.82, 2.24) is 0 Å². The third kappa shape index (κ3) is 3.87. The molecule has 0 radical (unpaired) electrons. The summed E-state index contributed by atoms with van der Waals surface area (Å²) in [5.41, 5.74) is 2.74. The Kier molecular flexibility index (Phi) is 4.63. The largest absolute Gasteiger partial charge is 0.497 e. The Balaban J connectivity index is 2.12. The van der Waals surface area contributed by atoms with Crippen molar-refractivity contribution in [1.29, 1.82) is 0 Å². The van der Waals surface area contributed by atoms with Gasteiger partial charge in [0.1, 0.15) is 5.75 Å². The second kappa shape index (κ2) is 6.62. The van der Waals surface area contributed by atoms with Crippen molar-refractivity contribution in [2.24, 2.45) is 0 Å². The molecule has 2 aromatic carbocycles. The van der Waals surface area contributed by atoms with Gasteiger partial charge in [0.05, 0.1) is 7.11 Å². The molecule has 0 spiro atoms. The van der Waals surface area contributed by atoms with Crippen LogP contribution in [0.25, 0.3) is 0 Å². The zero-order valence-electron chi connectivity index (χ0n) is 12.4. The minimum Gasteiger partial charge on any atom is -0.497 e. The van der Waals surface area contributed by atoms with Gasteiger partial charge in [-0.05, 0) is 48.9 Å². The van der Waals surface area contributed by atoms with E-state index < -0.39 is 0 Å². The topological polar surface area (TPSA) is 29.5 Å². The highest BCUT2D eigenvalue weighted by molar-refractivity contribution is 6.05. The Morgan fingerprint density at radius 2 is 1.86 bits per heavy atom. The van der Waals surface area contributed by atoms with Crippen LogP contribution in [-0.4, -0.2) is 20.1 Å². The molecule has 2 aromatic rings. The normalized spacial score (nSPS) is 9.48. The molecule has 0 saturated carbocycles. The van der Waals surface area contributed by atoms with Crippen LogP contribution in [0, 0.1) is 18.8 Å². The Hall–Kier alpha value is -2.73. The predicted octanol–water partition coefficient (Wildman–Crippen LogP) is 3.02. The molecule has 0 fully saturated rings. The molecule has 106 valence electrons. The summed E-state index contributed by atoms with van der Waals surface area (Å²) in [5, 5.41) is 0. The van der Waals surface area contributed by atoms with Crippen LogP contribution in [-0.2, 0) is 4.79 Å². The van der Waals surface area contributed by atoms with Crippen molar-refractivity contribution in [2.45, 2.75) is 6.92 Å². The Labute approximate surface area is 125 Å². The molecule has 0 aliphatic heterocycles. The molecule has 0 atom stereocenters. The van der Waals surface area contributed by atoms with Gasteiger partial charge in [-0.25, -0.2) is 0 Å². The monoisotopic (exact) mass is 279 g/mol. The lowest BCUT2D eigenvalue weighted by molar-refractivity contribution is -0.113. The zero-order valence-corrected chi connectivity index (χ0v) is 12.4. The number of ether oxygens (including phenoxy) is 1. The van der Waals surface area contributed by atoms with E-state index in [0.29, 0.717) is 0 Å². The number of carbonyl (C=O) groups is 1. The molecule has 0 unspecified atom stereocenters. The van der Waals surface area contributed by atoms with E-state index in [1.807, 2.05) is 55.5 Å². The second-order valence-electron chi connectivity index (χ2n) is 4.68. The van der Waals surface area contributed by atoms with Crippen LogP contribution < -0.4 is 9.64 Å². The van der Waals surface area contributed by atoms with Gasteiger partial charge in [0.25, 0.3) is 0 Å². The van der Waals surface area contributed by atoms with Gasteiger partial charge in [-0.2, -0.15) is 0 Å². The van der Waals surface area contributed by atoms with E-state index >= 15 is 0 Å². The predicted molar refractivity (Wildman–Crippen MR) is 84.5 cm³/mol. The molecule has 0 heterocycles. The van der Waals surface area contributed by atoms with Crippen molar-refractivity contribution >= 4 is 11.6 Å². The van der Waals surface area contributed by atoms with E-state index in [0.717, 1.165) is 22.6 Å². The van der Waals surface area contributed by atoms with Gasteiger partial charge in [-0.1, -0.05) is 18.1 Å². The van der Waals surface area contributed by atoms with E-state index in [4.69, 9.17) is 4.74 Å². The first-order chi connectivity index (χ1) is 10.1. The summed E-state index contributed by atoms with van der Waals surface area (Å²) in [6.45, 7) is 2.00. The van der Waals surface area contributed by atoms with Crippen molar-refractivity contribution in [3.8, 4) is 17.6 Å². The van der Waals surface area contributed by atoms with Crippen LogP contribution in [0.4, 0.5) is 5.69 Å². The van der Waals surface area contributed by atoms with Crippen LogP contribution in [0.3, 0.4) is 0 Å². The summed E-state index contributed by atoms with van der Waals surface area (Å²) in [7, 11) is 3.31. The van der Waals surface area contributed by atoms with Gasteiger partial charge in [0.15, 0.2) is 0 Å². The molecule has 2 rings (SSSR count). The maximum atomic E-state index is 12.1. The fourth-order valence-electron chi connectivity index (χ4n) is 1.86. The molecular formula is C18H17NO2. The molecule has 3 heteroatoms. The third-order valence-corrected chi connectivity index (χ3v) is 3.10. The minimum atomic E-state index is -0.248. The van der Waals surface area contributed by atoms with Crippen LogP contribution in [0.2, 0.25) is 0 Å². The van der Waals surface area contributed by atoms with Crippen molar-refractivity contribution in [3.63, 3.8) is 0 Å². The Bertz CT molecular complexity index is 693. The van der Waals surface area contributed by atoms with Gasteiger partial charge in [0, 0.05) is 24.2 Å². The van der Waals surface area contributed by atoms with Gasteiger partial charge in [-0.3, -0.25) is 4.79 Å². The summed E-state index contributed by atoms with van der Waals surface area (Å²) in [4.78, 5) is 13.6. The van der Waals surface area contributed by atoms with Crippen LogP contribution in [0.1, 0.15) is 11.1 Å². The molecule has 21 heavy (non-hydrogen) atoms. The number of amides is 1. The van der Waals surface area contributed by atoms with E-state index in [-0.39, 0.29) is 5.91 Å². The minimum absolute atomic E-state index is 0.248.